The molecule has 0 spiro atoms. The molecule has 56 heavy (non-hydrogen) atoms. The van der Waals surface area contributed by atoms with E-state index in [-0.39, 0.29) is 24.7 Å². The number of rotatable bonds is 8. The predicted octanol–water partition coefficient (Wildman–Crippen LogP) is 7.60. The van der Waals surface area contributed by atoms with Crippen LogP contribution in [0, 0.1) is 0 Å². The molecule has 2 N–H and O–H groups in total. The molecule has 0 saturated carbocycles. The van der Waals surface area contributed by atoms with Crippen LogP contribution in [0.5, 0.6) is 0 Å². The molecule has 6 aliphatic heterocycles. The summed E-state index contributed by atoms with van der Waals surface area (Å²) in [7, 11) is 8.62. The molecule has 3 aromatic rings. The summed E-state index contributed by atoms with van der Waals surface area (Å²) in [5, 5.41) is 0. The fourth-order valence-electron chi connectivity index (χ4n) is 9.32. The zero-order valence-electron chi connectivity index (χ0n) is 33.8. The Morgan fingerprint density at radius 3 is 0.982 bits per heavy atom. The molecule has 0 saturated heterocycles. The van der Waals surface area contributed by atoms with E-state index >= 15 is 0 Å². The van der Waals surface area contributed by atoms with Gasteiger partial charge in [0.2, 0.25) is 0 Å². The van der Waals surface area contributed by atoms with Gasteiger partial charge in [0.05, 0.1) is 22.8 Å². The van der Waals surface area contributed by atoms with Crippen LogP contribution in [-0.4, -0.2) is 114 Å². The van der Waals surface area contributed by atoms with Crippen LogP contribution in [0.2, 0.25) is 0 Å². The van der Waals surface area contributed by atoms with Crippen LogP contribution in [0.4, 0.5) is 0 Å². The monoisotopic (exact) mass is 750 g/mol. The summed E-state index contributed by atoms with van der Waals surface area (Å²) in [6, 6.07) is 9.01. The Kier molecular flexibility index (Phi) is 8.86. The Morgan fingerprint density at radius 1 is 0.393 bits per heavy atom. The van der Waals surface area contributed by atoms with E-state index in [9.17, 15) is 0 Å². The summed E-state index contributed by atoms with van der Waals surface area (Å²) in [5.74, 6) is 0. The third kappa shape index (κ3) is 5.56. The Bertz CT molecular complexity index is 2250. The molecule has 0 aliphatic carbocycles. The zero-order chi connectivity index (χ0) is 38.8. The van der Waals surface area contributed by atoms with Crippen LogP contribution in [0.3, 0.4) is 0 Å². The summed E-state index contributed by atoms with van der Waals surface area (Å²) in [6.07, 6.45) is 26.1. The highest BCUT2D eigenvalue weighted by Crippen LogP contribution is 2.42. The minimum Gasteiger partial charge on any atom is -0.355 e. The largest absolute Gasteiger partial charge is 0.355 e. The van der Waals surface area contributed by atoms with Crippen LogP contribution in [0.1, 0.15) is 97.4 Å². The number of fused-ring (bicyclic) bond motifs is 8. The van der Waals surface area contributed by atoms with Crippen molar-refractivity contribution in [3.8, 4) is 0 Å². The Morgan fingerprint density at radius 2 is 0.661 bits per heavy atom. The third-order valence-electron chi connectivity index (χ3n) is 12.2. The van der Waals surface area contributed by atoms with Crippen molar-refractivity contribution in [3.63, 3.8) is 0 Å². The molecule has 4 unspecified atom stereocenters. The lowest BCUT2D eigenvalue weighted by molar-refractivity contribution is 0.184. The summed E-state index contributed by atoms with van der Waals surface area (Å²) in [4.78, 5) is 37.8. The maximum Gasteiger partial charge on any atom is 0.131 e. The molecule has 4 atom stereocenters. The number of aromatic amines is 2. The SMILES string of the molecule is CCN1C=CN(C)C1c1c2nc(c(C3N(C)C=CN3CC)c3ccc([nH]3)c(C3N(C)C=CN3CC)c3ccc([nH]3)c(C3N(C)C=CN3CC)c3nc1C=C3)C=C2. The first-order valence-electron chi connectivity index (χ1n) is 20.0. The van der Waals surface area contributed by atoms with Crippen molar-refractivity contribution in [1.82, 2.24) is 59.1 Å². The molecular formula is C44H54N12. The van der Waals surface area contributed by atoms with Gasteiger partial charge in [-0.25, -0.2) is 9.97 Å². The van der Waals surface area contributed by atoms with E-state index < -0.39 is 0 Å². The smallest absolute Gasteiger partial charge is 0.131 e. The van der Waals surface area contributed by atoms with Crippen molar-refractivity contribution in [1.29, 1.82) is 0 Å². The molecule has 6 aliphatic rings. The second-order valence-corrected chi connectivity index (χ2v) is 15.3. The van der Waals surface area contributed by atoms with Gasteiger partial charge in [0.15, 0.2) is 0 Å². The third-order valence-corrected chi connectivity index (χ3v) is 12.2. The maximum absolute atomic E-state index is 5.58. The summed E-state index contributed by atoms with van der Waals surface area (Å²) < 4.78 is 0. The number of nitrogens with one attached hydrogen (secondary N) is 2. The van der Waals surface area contributed by atoms with Gasteiger partial charge in [-0.3, -0.25) is 0 Å². The molecular weight excluding hydrogens is 697 g/mol. The molecule has 12 heteroatoms. The second kappa shape index (κ2) is 13.9. The fraction of sp³-hybridized carbons (Fsp3) is 0.364. The van der Waals surface area contributed by atoms with Gasteiger partial charge in [-0.2, -0.15) is 0 Å². The fourth-order valence-corrected chi connectivity index (χ4v) is 9.32. The van der Waals surface area contributed by atoms with E-state index in [4.69, 9.17) is 9.97 Å². The average Bonchev–Trinajstić information content (AvgIpc) is 4.06. The Labute approximate surface area is 330 Å². The van der Waals surface area contributed by atoms with Crippen LogP contribution in [0.25, 0.3) is 46.4 Å². The van der Waals surface area contributed by atoms with Gasteiger partial charge in [0.1, 0.15) is 24.7 Å². The van der Waals surface area contributed by atoms with E-state index in [1.165, 1.54) is 5.56 Å². The molecule has 0 fully saturated rings. The number of hydrogen-bond acceptors (Lipinski definition) is 10. The first-order valence-corrected chi connectivity index (χ1v) is 20.0. The lowest BCUT2D eigenvalue weighted by atomic mass is 10.1. The summed E-state index contributed by atoms with van der Waals surface area (Å²) in [5.41, 5.74) is 12.5. The first-order chi connectivity index (χ1) is 27.2. The van der Waals surface area contributed by atoms with Crippen molar-refractivity contribution < 1.29 is 0 Å². The molecule has 0 radical (unpaired) electrons. The highest BCUT2D eigenvalue weighted by atomic mass is 15.4. The van der Waals surface area contributed by atoms with Crippen molar-refractivity contribution in [2.45, 2.75) is 52.4 Å². The minimum absolute atomic E-state index is 0.0160. The van der Waals surface area contributed by atoms with Gasteiger partial charge in [0.25, 0.3) is 0 Å². The molecule has 8 bridgehead atoms. The zero-order valence-corrected chi connectivity index (χ0v) is 33.8. The van der Waals surface area contributed by atoms with Gasteiger partial charge in [0, 0.05) is 148 Å². The highest BCUT2D eigenvalue weighted by Gasteiger charge is 2.35. The van der Waals surface area contributed by atoms with E-state index in [0.29, 0.717) is 0 Å². The van der Waals surface area contributed by atoms with Crippen molar-refractivity contribution in [3.05, 3.63) is 119 Å². The topological polar surface area (TPSA) is 83.3 Å². The van der Waals surface area contributed by atoms with Gasteiger partial charge >= 0.3 is 0 Å². The lowest BCUT2D eigenvalue weighted by Crippen LogP contribution is -2.30. The quantitative estimate of drug-likeness (QED) is 0.166. The van der Waals surface area contributed by atoms with E-state index in [1.54, 1.807) is 0 Å². The standard InChI is InChI=1S/C44H54N12/c1-9-53-25-21-49(5)41(53)37-29-13-15-31(45-29)38(42-50(6)22-26-54(42)10-2)33-17-19-35(47-33)40(44-52(8)24-28-56(44)12-4)36-20-18-34(48-36)39(32-16-14-30(37)46-32)43-51(7)23-27-55(43)11-3/h13-28,41-46H,9-12H2,1-8H3. The maximum atomic E-state index is 5.58. The van der Waals surface area contributed by atoms with Crippen molar-refractivity contribution >= 4 is 46.4 Å². The van der Waals surface area contributed by atoms with Crippen LogP contribution in [0.15, 0.2) is 73.9 Å². The molecule has 3 aromatic heterocycles. The van der Waals surface area contributed by atoms with Crippen LogP contribution in [-0.2, 0) is 0 Å². The molecule has 0 amide bonds. The van der Waals surface area contributed by atoms with E-state index in [2.05, 4.69) is 203 Å². The number of hydrogen-bond donors (Lipinski definition) is 2. The van der Waals surface area contributed by atoms with Crippen LogP contribution < -0.4 is 0 Å². The molecule has 0 aromatic carbocycles. The number of aromatic nitrogens is 4. The van der Waals surface area contributed by atoms with Gasteiger partial charge in [-0.1, -0.05) is 0 Å². The molecule has 290 valence electrons. The normalized spacial score (nSPS) is 22.6. The van der Waals surface area contributed by atoms with Gasteiger partial charge in [-0.15, -0.1) is 0 Å². The Hall–Kier alpha value is -6.04. The van der Waals surface area contributed by atoms with Crippen molar-refractivity contribution in [2.24, 2.45) is 0 Å². The molecule has 9 rings (SSSR count). The summed E-state index contributed by atoms with van der Waals surface area (Å²) in [6.45, 7) is 12.3. The minimum atomic E-state index is -0.0629. The Balaban J connectivity index is 1.43. The number of nitrogens with zero attached hydrogens (tertiary/aromatic N) is 10. The highest BCUT2D eigenvalue weighted by molar-refractivity contribution is 5.84. The van der Waals surface area contributed by atoms with E-state index in [0.717, 1.165) is 87.7 Å². The lowest BCUT2D eigenvalue weighted by Gasteiger charge is -2.31. The van der Waals surface area contributed by atoms with Gasteiger partial charge < -0.3 is 49.2 Å². The average molecular weight is 751 g/mol. The summed E-state index contributed by atoms with van der Waals surface area (Å²) >= 11 is 0. The molecule has 12 nitrogen and oxygen atoms in total. The van der Waals surface area contributed by atoms with Crippen LogP contribution >= 0.6 is 0 Å². The van der Waals surface area contributed by atoms with Crippen molar-refractivity contribution in [2.75, 3.05) is 54.4 Å². The van der Waals surface area contributed by atoms with Gasteiger partial charge in [-0.05, 0) is 76.3 Å². The second-order valence-electron chi connectivity index (χ2n) is 15.3. The molecule has 9 heterocycles. The predicted molar refractivity (Wildman–Crippen MR) is 227 cm³/mol. The number of H-pyrrole nitrogens is 2. The first kappa shape index (κ1) is 35.6. The van der Waals surface area contributed by atoms with E-state index in [1.807, 2.05) is 0 Å².